The number of fused-ring (bicyclic) bond motifs is 1. The Kier molecular flexibility index (Phi) is 5.17. The number of rotatable bonds is 5. The first kappa shape index (κ1) is 18.1. The van der Waals surface area contributed by atoms with E-state index >= 15 is 0 Å². The first-order chi connectivity index (χ1) is 12.9. The number of hydrogen-bond donors (Lipinski definition) is 1. The molecule has 0 aliphatic heterocycles. The molecular formula is C21H18N2O4. The molecule has 0 saturated heterocycles. The predicted molar refractivity (Wildman–Crippen MR) is 107 cm³/mol. The van der Waals surface area contributed by atoms with E-state index in [-0.39, 0.29) is 5.69 Å². The average molecular weight is 362 g/mol. The molecule has 27 heavy (non-hydrogen) atoms. The van der Waals surface area contributed by atoms with Crippen LogP contribution in [0.1, 0.15) is 16.8 Å². The third-order valence-corrected chi connectivity index (χ3v) is 3.90. The van der Waals surface area contributed by atoms with E-state index in [2.05, 4.69) is 4.98 Å². The van der Waals surface area contributed by atoms with E-state index in [4.69, 9.17) is 9.52 Å². The standard InChI is InChI=1S/C21H18N2O4/c1-23(2)16-9-11-17-19(13-16)27-21(26)18(22-17)10-7-14-3-5-15(6-4-14)8-12-20(24)25/h3-13H,1-2H3,(H,24,25)/b10-7+,12-8+. The van der Waals surface area contributed by atoms with Crippen LogP contribution in [0.3, 0.4) is 0 Å². The lowest BCUT2D eigenvalue weighted by Crippen LogP contribution is -2.09. The van der Waals surface area contributed by atoms with Crippen LogP contribution in [-0.2, 0) is 4.79 Å². The Morgan fingerprint density at radius 1 is 1.04 bits per heavy atom. The summed E-state index contributed by atoms with van der Waals surface area (Å²) >= 11 is 0. The Morgan fingerprint density at radius 2 is 1.70 bits per heavy atom. The maximum absolute atomic E-state index is 12.2. The third kappa shape index (κ3) is 4.49. The van der Waals surface area contributed by atoms with E-state index in [1.165, 1.54) is 6.08 Å². The van der Waals surface area contributed by atoms with Gasteiger partial charge in [-0.2, -0.15) is 0 Å². The Hall–Kier alpha value is -3.67. The van der Waals surface area contributed by atoms with Crippen molar-refractivity contribution in [3.63, 3.8) is 0 Å². The minimum absolute atomic E-state index is 0.218. The number of aliphatic carboxylic acids is 1. The van der Waals surface area contributed by atoms with Crippen LogP contribution in [0.4, 0.5) is 5.69 Å². The smallest absolute Gasteiger partial charge is 0.362 e. The number of benzene rings is 2. The van der Waals surface area contributed by atoms with E-state index in [1.807, 2.05) is 43.3 Å². The number of anilines is 1. The molecule has 0 saturated carbocycles. The Morgan fingerprint density at radius 3 is 2.33 bits per heavy atom. The SMILES string of the molecule is CN(C)c1ccc2nc(/C=C/c3ccc(/C=C/C(=O)O)cc3)c(=O)oc2c1. The molecule has 136 valence electrons. The highest BCUT2D eigenvalue weighted by molar-refractivity contribution is 5.85. The molecule has 6 nitrogen and oxygen atoms in total. The molecule has 1 heterocycles. The van der Waals surface area contributed by atoms with Crippen molar-refractivity contribution in [1.82, 2.24) is 4.98 Å². The average Bonchev–Trinajstić information content (AvgIpc) is 2.65. The lowest BCUT2D eigenvalue weighted by Gasteiger charge is -2.12. The molecule has 1 aromatic heterocycles. The minimum atomic E-state index is -0.995. The molecule has 3 rings (SSSR count). The predicted octanol–water partition coefficient (Wildman–Crippen LogP) is 3.52. The summed E-state index contributed by atoms with van der Waals surface area (Å²) in [7, 11) is 3.82. The van der Waals surface area contributed by atoms with Gasteiger partial charge < -0.3 is 14.4 Å². The summed E-state index contributed by atoms with van der Waals surface area (Å²) in [5.41, 5.74) is 3.31. The van der Waals surface area contributed by atoms with Gasteiger partial charge in [-0.25, -0.2) is 14.6 Å². The highest BCUT2D eigenvalue weighted by Crippen LogP contribution is 2.19. The van der Waals surface area contributed by atoms with Gasteiger partial charge in [-0.05, 0) is 35.4 Å². The lowest BCUT2D eigenvalue weighted by molar-refractivity contribution is -0.131. The van der Waals surface area contributed by atoms with E-state index in [1.54, 1.807) is 30.4 Å². The van der Waals surface area contributed by atoms with Gasteiger partial charge in [0.1, 0.15) is 11.2 Å². The number of carbonyl (C=O) groups is 1. The Balaban J connectivity index is 1.85. The second-order valence-electron chi connectivity index (χ2n) is 6.10. The van der Waals surface area contributed by atoms with Crippen molar-refractivity contribution < 1.29 is 14.3 Å². The van der Waals surface area contributed by atoms with Crippen LogP contribution in [0, 0.1) is 0 Å². The Labute approximate surface area is 155 Å². The quantitative estimate of drug-likeness (QED) is 0.699. The van der Waals surface area contributed by atoms with Gasteiger partial charge in [0.25, 0.3) is 0 Å². The van der Waals surface area contributed by atoms with E-state index in [9.17, 15) is 9.59 Å². The second kappa shape index (κ2) is 7.70. The van der Waals surface area contributed by atoms with Crippen molar-refractivity contribution in [2.45, 2.75) is 0 Å². The molecule has 0 fully saturated rings. The molecule has 0 aliphatic rings. The van der Waals surface area contributed by atoms with Crippen LogP contribution in [0.25, 0.3) is 29.3 Å². The summed E-state index contributed by atoms with van der Waals surface area (Å²) in [5, 5.41) is 8.64. The third-order valence-electron chi connectivity index (χ3n) is 3.90. The zero-order valence-corrected chi connectivity index (χ0v) is 14.9. The fourth-order valence-electron chi connectivity index (χ4n) is 2.45. The highest BCUT2D eigenvalue weighted by atomic mass is 16.4. The number of carboxylic acid groups (broad SMARTS) is 1. The molecular weight excluding hydrogens is 344 g/mol. The van der Waals surface area contributed by atoms with Crippen molar-refractivity contribution in [2.24, 2.45) is 0 Å². The first-order valence-corrected chi connectivity index (χ1v) is 8.24. The van der Waals surface area contributed by atoms with Crippen LogP contribution in [0.15, 0.2) is 57.8 Å². The van der Waals surface area contributed by atoms with Crippen molar-refractivity contribution in [2.75, 3.05) is 19.0 Å². The monoisotopic (exact) mass is 362 g/mol. The van der Waals surface area contributed by atoms with Crippen molar-refractivity contribution in [3.8, 4) is 0 Å². The molecule has 6 heteroatoms. The highest BCUT2D eigenvalue weighted by Gasteiger charge is 2.06. The summed E-state index contributed by atoms with van der Waals surface area (Å²) < 4.78 is 5.38. The van der Waals surface area contributed by atoms with Gasteiger partial charge in [-0.3, -0.25) is 0 Å². The second-order valence-corrected chi connectivity index (χ2v) is 6.10. The molecule has 0 unspecified atom stereocenters. The molecule has 0 radical (unpaired) electrons. The van der Waals surface area contributed by atoms with E-state index in [0.29, 0.717) is 11.1 Å². The minimum Gasteiger partial charge on any atom is -0.478 e. The zero-order valence-electron chi connectivity index (χ0n) is 14.9. The molecule has 0 atom stereocenters. The van der Waals surface area contributed by atoms with Gasteiger partial charge >= 0.3 is 11.6 Å². The summed E-state index contributed by atoms with van der Waals surface area (Å²) in [6.45, 7) is 0. The maximum atomic E-state index is 12.2. The summed E-state index contributed by atoms with van der Waals surface area (Å²) in [6.07, 6.45) is 5.95. The van der Waals surface area contributed by atoms with Crippen LogP contribution in [-0.4, -0.2) is 30.2 Å². The van der Waals surface area contributed by atoms with Gasteiger partial charge in [0.05, 0.1) is 0 Å². The van der Waals surface area contributed by atoms with Crippen molar-refractivity contribution in [3.05, 3.63) is 75.8 Å². The molecule has 0 amide bonds. The number of hydrogen-bond acceptors (Lipinski definition) is 5. The summed E-state index contributed by atoms with van der Waals surface area (Å²) in [4.78, 5) is 29.0. The summed E-state index contributed by atoms with van der Waals surface area (Å²) in [5.74, 6) is -0.995. The van der Waals surface area contributed by atoms with Gasteiger partial charge in [0, 0.05) is 31.9 Å². The molecule has 0 bridgehead atoms. The molecule has 0 aliphatic carbocycles. The first-order valence-electron chi connectivity index (χ1n) is 8.24. The molecule has 3 aromatic rings. The molecule has 2 aromatic carbocycles. The van der Waals surface area contributed by atoms with Gasteiger partial charge in [-0.1, -0.05) is 30.3 Å². The van der Waals surface area contributed by atoms with Crippen molar-refractivity contribution >= 4 is 41.0 Å². The number of aromatic nitrogens is 1. The Bertz CT molecular complexity index is 1090. The van der Waals surface area contributed by atoms with Crippen LogP contribution in [0.5, 0.6) is 0 Å². The van der Waals surface area contributed by atoms with Gasteiger partial charge in [0.15, 0.2) is 5.58 Å². The topological polar surface area (TPSA) is 83.6 Å². The van der Waals surface area contributed by atoms with E-state index in [0.717, 1.165) is 22.9 Å². The number of carboxylic acids is 1. The van der Waals surface area contributed by atoms with Crippen LogP contribution in [0.2, 0.25) is 0 Å². The van der Waals surface area contributed by atoms with Crippen LogP contribution >= 0.6 is 0 Å². The zero-order chi connectivity index (χ0) is 19.4. The molecule has 0 spiro atoms. The summed E-state index contributed by atoms with van der Waals surface area (Å²) in [6, 6.07) is 12.7. The molecule has 1 N–H and O–H groups in total. The van der Waals surface area contributed by atoms with Gasteiger partial charge in [-0.15, -0.1) is 0 Å². The van der Waals surface area contributed by atoms with E-state index < -0.39 is 11.6 Å². The fourth-order valence-corrected chi connectivity index (χ4v) is 2.45. The fraction of sp³-hybridized carbons (Fsp3) is 0.0952. The largest absolute Gasteiger partial charge is 0.478 e. The van der Waals surface area contributed by atoms with Gasteiger partial charge in [0.2, 0.25) is 0 Å². The lowest BCUT2D eigenvalue weighted by atomic mass is 10.1. The van der Waals surface area contributed by atoms with Crippen LogP contribution < -0.4 is 10.5 Å². The number of nitrogens with zero attached hydrogens (tertiary/aromatic N) is 2. The van der Waals surface area contributed by atoms with Crippen molar-refractivity contribution in [1.29, 1.82) is 0 Å². The normalized spacial score (nSPS) is 11.5. The maximum Gasteiger partial charge on any atom is 0.362 e.